The van der Waals surface area contributed by atoms with Gasteiger partial charge in [-0.25, -0.2) is 0 Å². The van der Waals surface area contributed by atoms with Crippen LogP contribution in [0.1, 0.15) is 43.2 Å². The Morgan fingerprint density at radius 1 is 1.15 bits per heavy atom. The Kier molecular flexibility index (Phi) is 5.94. The topological polar surface area (TPSA) is 62.1 Å². The number of benzene rings is 2. The smallest absolute Gasteiger partial charge is 0.235 e. The number of halogens is 2. The van der Waals surface area contributed by atoms with E-state index in [1.807, 2.05) is 6.07 Å². The molecule has 0 bridgehead atoms. The number of hydrogen-bond acceptors (Lipinski definition) is 3. The Labute approximate surface area is 169 Å². The first-order valence-corrected chi connectivity index (χ1v) is 9.61. The van der Waals surface area contributed by atoms with E-state index in [0.29, 0.717) is 39.9 Å². The van der Waals surface area contributed by atoms with E-state index in [4.69, 9.17) is 27.9 Å². The van der Waals surface area contributed by atoms with Crippen LogP contribution in [-0.2, 0) is 10.2 Å². The van der Waals surface area contributed by atoms with Crippen LogP contribution in [0.2, 0.25) is 10.0 Å². The highest BCUT2D eigenvalue weighted by Gasteiger charge is 2.42. The van der Waals surface area contributed by atoms with Crippen molar-refractivity contribution in [2.24, 2.45) is 0 Å². The van der Waals surface area contributed by atoms with Crippen LogP contribution in [0.3, 0.4) is 0 Å². The third-order valence-corrected chi connectivity index (χ3v) is 5.73. The average Bonchev–Trinajstić information content (AvgIpc) is 2.68. The van der Waals surface area contributed by atoms with Crippen molar-refractivity contribution in [3.8, 4) is 11.8 Å². The van der Waals surface area contributed by atoms with E-state index in [0.717, 1.165) is 24.8 Å². The molecule has 1 saturated carbocycles. The molecule has 2 aromatic carbocycles. The second-order valence-electron chi connectivity index (χ2n) is 6.74. The zero-order valence-corrected chi connectivity index (χ0v) is 16.5. The fraction of sp³-hybridized carbons (Fsp3) is 0.333. The van der Waals surface area contributed by atoms with Gasteiger partial charge in [0.15, 0.2) is 0 Å². The second kappa shape index (κ2) is 8.21. The van der Waals surface area contributed by atoms with Crippen molar-refractivity contribution in [3.63, 3.8) is 0 Å². The second-order valence-corrected chi connectivity index (χ2v) is 7.59. The largest absolute Gasteiger partial charge is 0.497 e. The summed E-state index contributed by atoms with van der Waals surface area (Å²) in [7, 11) is 1.54. The summed E-state index contributed by atoms with van der Waals surface area (Å²) in [4.78, 5) is 13.4. The van der Waals surface area contributed by atoms with Crippen LogP contribution >= 0.6 is 23.2 Å². The van der Waals surface area contributed by atoms with Gasteiger partial charge in [-0.3, -0.25) is 4.79 Å². The van der Waals surface area contributed by atoms with E-state index in [9.17, 15) is 10.1 Å². The van der Waals surface area contributed by atoms with Crippen LogP contribution in [0.25, 0.3) is 0 Å². The molecule has 27 heavy (non-hydrogen) atoms. The highest BCUT2D eigenvalue weighted by Crippen LogP contribution is 2.44. The lowest BCUT2D eigenvalue weighted by Crippen LogP contribution is -2.42. The quantitative estimate of drug-likeness (QED) is 0.711. The fourth-order valence-corrected chi connectivity index (χ4v) is 4.33. The van der Waals surface area contributed by atoms with Crippen LogP contribution < -0.4 is 10.1 Å². The van der Waals surface area contributed by atoms with Crippen molar-refractivity contribution in [3.05, 3.63) is 57.6 Å². The molecule has 0 aliphatic heterocycles. The maximum atomic E-state index is 13.4. The zero-order chi connectivity index (χ0) is 19.4. The minimum Gasteiger partial charge on any atom is -0.497 e. The molecule has 1 amide bonds. The van der Waals surface area contributed by atoms with E-state index >= 15 is 0 Å². The zero-order valence-electron chi connectivity index (χ0n) is 15.0. The molecule has 140 valence electrons. The highest BCUT2D eigenvalue weighted by atomic mass is 35.5. The van der Waals surface area contributed by atoms with Gasteiger partial charge in [-0.05, 0) is 48.7 Å². The van der Waals surface area contributed by atoms with Gasteiger partial charge < -0.3 is 10.1 Å². The van der Waals surface area contributed by atoms with E-state index in [-0.39, 0.29) is 5.91 Å². The molecule has 0 aromatic heterocycles. The predicted molar refractivity (Wildman–Crippen MR) is 108 cm³/mol. The Morgan fingerprint density at radius 2 is 1.89 bits per heavy atom. The van der Waals surface area contributed by atoms with Crippen LogP contribution in [0.4, 0.5) is 5.69 Å². The van der Waals surface area contributed by atoms with Gasteiger partial charge in [0.05, 0.1) is 23.8 Å². The Bertz CT molecular complexity index is 900. The van der Waals surface area contributed by atoms with Gasteiger partial charge in [0, 0.05) is 10.0 Å². The number of rotatable bonds is 4. The number of nitrogens with zero attached hydrogens (tertiary/aromatic N) is 1. The number of amides is 1. The van der Waals surface area contributed by atoms with Crippen LogP contribution in [-0.4, -0.2) is 13.0 Å². The summed E-state index contributed by atoms with van der Waals surface area (Å²) in [5.74, 6) is 0.422. The van der Waals surface area contributed by atoms with Gasteiger partial charge >= 0.3 is 0 Å². The van der Waals surface area contributed by atoms with Crippen molar-refractivity contribution in [1.82, 2.24) is 0 Å². The Hall–Kier alpha value is -2.22. The lowest BCUT2D eigenvalue weighted by Gasteiger charge is -2.37. The van der Waals surface area contributed by atoms with Gasteiger partial charge in [-0.2, -0.15) is 5.26 Å². The molecule has 2 aromatic rings. The number of anilines is 1. The molecule has 6 heteroatoms. The maximum Gasteiger partial charge on any atom is 0.235 e. The number of methoxy groups -OCH3 is 1. The van der Waals surface area contributed by atoms with E-state index in [2.05, 4.69) is 11.4 Å². The van der Waals surface area contributed by atoms with Crippen molar-refractivity contribution >= 4 is 34.8 Å². The SMILES string of the molecule is COc1ccc(NC(=O)C2(c3ccc(Cl)cc3Cl)CCCCC2)c(C#N)c1. The maximum absolute atomic E-state index is 13.4. The molecule has 1 aliphatic rings. The third kappa shape index (κ3) is 3.90. The van der Waals surface area contributed by atoms with Crippen LogP contribution in [0, 0.1) is 11.3 Å². The average molecular weight is 403 g/mol. The fourth-order valence-electron chi connectivity index (χ4n) is 3.75. The van der Waals surface area contributed by atoms with Crippen molar-refractivity contribution in [1.29, 1.82) is 5.26 Å². The number of carbonyl (C=O) groups is 1. The third-order valence-electron chi connectivity index (χ3n) is 5.18. The molecule has 4 nitrogen and oxygen atoms in total. The van der Waals surface area contributed by atoms with Crippen molar-refractivity contribution in [2.75, 3.05) is 12.4 Å². The molecule has 0 saturated heterocycles. The first-order chi connectivity index (χ1) is 13.0. The van der Waals surface area contributed by atoms with Crippen LogP contribution in [0.5, 0.6) is 5.75 Å². The minimum atomic E-state index is -0.730. The number of hydrogen-bond donors (Lipinski definition) is 1. The van der Waals surface area contributed by atoms with Gasteiger partial charge in [-0.15, -0.1) is 0 Å². The molecule has 0 radical (unpaired) electrons. The first kappa shape index (κ1) is 19.5. The lowest BCUT2D eigenvalue weighted by atomic mass is 9.68. The lowest BCUT2D eigenvalue weighted by molar-refractivity contribution is -0.122. The number of nitrogens with one attached hydrogen (secondary N) is 1. The summed E-state index contributed by atoms with van der Waals surface area (Å²) in [6, 6.07) is 12.4. The molecule has 0 atom stereocenters. The normalized spacial score (nSPS) is 15.6. The van der Waals surface area contributed by atoms with Crippen LogP contribution in [0.15, 0.2) is 36.4 Å². The predicted octanol–water partition coefficient (Wildman–Crippen LogP) is 5.71. The van der Waals surface area contributed by atoms with E-state index < -0.39 is 5.41 Å². The number of carbonyl (C=O) groups excluding carboxylic acids is 1. The molecule has 0 unspecified atom stereocenters. The highest BCUT2D eigenvalue weighted by molar-refractivity contribution is 6.35. The molecular formula is C21H20Cl2N2O2. The molecule has 0 heterocycles. The van der Waals surface area contributed by atoms with E-state index in [1.54, 1.807) is 30.3 Å². The minimum absolute atomic E-state index is 0.145. The van der Waals surface area contributed by atoms with Gasteiger partial charge in [-0.1, -0.05) is 48.5 Å². The standard InChI is InChI=1S/C21H20Cl2N2O2/c1-27-16-6-8-19(14(11-16)13-24)25-20(26)21(9-3-2-4-10-21)17-7-5-15(22)12-18(17)23/h5-8,11-12H,2-4,9-10H2,1H3,(H,25,26). The monoisotopic (exact) mass is 402 g/mol. The molecule has 1 aliphatic carbocycles. The summed E-state index contributed by atoms with van der Waals surface area (Å²) in [5.41, 5.74) is 0.888. The molecular weight excluding hydrogens is 383 g/mol. The van der Waals surface area contributed by atoms with Gasteiger partial charge in [0.2, 0.25) is 5.91 Å². The van der Waals surface area contributed by atoms with Gasteiger partial charge in [0.1, 0.15) is 11.8 Å². The summed E-state index contributed by atoms with van der Waals surface area (Å²) < 4.78 is 5.16. The van der Waals surface area contributed by atoms with Gasteiger partial charge in [0.25, 0.3) is 0 Å². The summed E-state index contributed by atoms with van der Waals surface area (Å²) >= 11 is 12.5. The summed E-state index contributed by atoms with van der Waals surface area (Å²) in [5, 5.41) is 13.4. The summed E-state index contributed by atoms with van der Waals surface area (Å²) in [6.45, 7) is 0. The molecule has 0 spiro atoms. The molecule has 3 rings (SSSR count). The number of nitriles is 1. The molecule has 1 N–H and O–H groups in total. The van der Waals surface area contributed by atoms with Crippen molar-refractivity contribution in [2.45, 2.75) is 37.5 Å². The first-order valence-electron chi connectivity index (χ1n) is 8.85. The number of ether oxygens (including phenoxy) is 1. The summed E-state index contributed by atoms with van der Waals surface area (Å²) in [6.07, 6.45) is 4.39. The van der Waals surface area contributed by atoms with Crippen molar-refractivity contribution < 1.29 is 9.53 Å². The van der Waals surface area contributed by atoms with E-state index in [1.165, 1.54) is 7.11 Å². The molecule has 1 fully saturated rings. The Morgan fingerprint density at radius 3 is 2.52 bits per heavy atom. The Balaban J connectivity index is 1.99.